The maximum absolute atomic E-state index is 9.13. The van der Waals surface area contributed by atoms with Crippen LogP contribution in [0.3, 0.4) is 0 Å². The molecule has 2 aromatic carbocycles. The summed E-state index contributed by atoms with van der Waals surface area (Å²) in [6.07, 6.45) is 4.56. The van der Waals surface area contributed by atoms with E-state index < -0.39 is 0 Å². The second-order valence-electron chi connectivity index (χ2n) is 4.60. The minimum Gasteiger partial charge on any atom is -0.508 e. The fraction of sp³-hybridized carbons (Fsp3) is 0.294. The average molecular weight is 322 g/mol. The lowest BCUT2D eigenvalue weighted by molar-refractivity contribution is 0.195. The molecule has 0 bridgehead atoms. The lowest BCUT2D eigenvalue weighted by atomic mass is 10.1. The molecule has 0 saturated carbocycles. The summed E-state index contributed by atoms with van der Waals surface area (Å²) in [6.45, 7) is 1.81. The largest absolute Gasteiger partial charge is 0.508 e. The van der Waals surface area contributed by atoms with Crippen LogP contribution in [0.1, 0.15) is 12.5 Å². The molecule has 0 heterocycles. The fourth-order valence-electron chi connectivity index (χ4n) is 1.68. The molecule has 21 heavy (non-hydrogen) atoms. The molecule has 2 nitrogen and oxygen atoms in total. The molecule has 0 saturated heterocycles. The van der Waals surface area contributed by atoms with Crippen molar-refractivity contribution in [3.05, 3.63) is 54.1 Å². The second kappa shape index (κ2) is 9.77. The lowest BCUT2D eigenvalue weighted by Gasteiger charge is -2.04. The number of hydrogen-bond acceptors (Lipinski definition) is 4. The molecule has 0 aliphatic heterocycles. The average Bonchev–Trinajstić information content (AvgIpc) is 2.49. The van der Waals surface area contributed by atoms with Gasteiger partial charge in [-0.05, 0) is 67.8 Å². The summed E-state index contributed by atoms with van der Waals surface area (Å²) in [6, 6.07) is 15.5. The van der Waals surface area contributed by atoms with Crippen LogP contribution in [0.2, 0.25) is 0 Å². The van der Waals surface area contributed by atoms with Crippen molar-refractivity contribution >= 4 is 23.5 Å². The van der Waals surface area contributed by atoms with Gasteiger partial charge in [-0.2, -0.15) is 0 Å². The van der Waals surface area contributed by atoms with Crippen LogP contribution in [-0.4, -0.2) is 28.8 Å². The molecule has 2 N–H and O–H groups in total. The zero-order chi connectivity index (χ0) is 15.7. The maximum atomic E-state index is 9.13. The van der Waals surface area contributed by atoms with Crippen LogP contribution in [-0.2, 0) is 6.42 Å². The third-order valence-corrected chi connectivity index (χ3v) is 4.25. The molecule has 0 fully saturated rings. The van der Waals surface area contributed by atoms with Gasteiger partial charge in [-0.15, -0.1) is 23.5 Å². The lowest BCUT2D eigenvalue weighted by Crippen LogP contribution is -2.03. The molecule has 1 unspecified atom stereocenters. The first-order chi connectivity index (χ1) is 10.0. The van der Waals surface area contributed by atoms with Crippen molar-refractivity contribution in [2.24, 2.45) is 0 Å². The van der Waals surface area contributed by atoms with Gasteiger partial charge in [0.2, 0.25) is 0 Å². The molecule has 0 amide bonds. The monoisotopic (exact) mass is 322 g/mol. The Morgan fingerprint density at radius 3 is 1.67 bits per heavy atom. The van der Waals surface area contributed by atoms with Crippen molar-refractivity contribution in [2.45, 2.75) is 29.2 Å². The van der Waals surface area contributed by atoms with Gasteiger partial charge in [-0.25, -0.2) is 0 Å². The third-order valence-electron chi connectivity index (χ3n) is 2.76. The minimum absolute atomic E-state index is 0.245. The highest BCUT2D eigenvalue weighted by molar-refractivity contribution is 7.98. The van der Waals surface area contributed by atoms with Gasteiger partial charge in [0, 0.05) is 9.79 Å². The minimum atomic E-state index is -0.245. The standard InChI is InChI=1S/C10H14OS.C7H8OS/c1-8(11)7-9-3-5-10(12-2)6-4-9;1-9-7-4-2-6(8)3-5-7/h3-6,8,11H,7H2,1-2H3;2-5,8H,1H3. The zero-order valence-electron chi connectivity index (χ0n) is 12.6. The SMILES string of the molecule is CSc1ccc(CC(C)O)cc1.CSc1ccc(O)cc1. The van der Waals surface area contributed by atoms with E-state index in [9.17, 15) is 0 Å². The first kappa shape index (κ1) is 18.0. The Morgan fingerprint density at radius 1 is 0.857 bits per heavy atom. The van der Waals surface area contributed by atoms with Gasteiger partial charge in [0.25, 0.3) is 0 Å². The van der Waals surface area contributed by atoms with E-state index in [1.807, 2.05) is 25.3 Å². The highest BCUT2D eigenvalue weighted by Crippen LogP contribution is 2.17. The zero-order valence-corrected chi connectivity index (χ0v) is 14.2. The van der Waals surface area contributed by atoms with Crippen molar-refractivity contribution in [3.8, 4) is 5.75 Å². The maximum Gasteiger partial charge on any atom is 0.115 e. The van der Waals surface area contributed by atoms with Gasteiger partial charge in [0.15, 0.2) is 0 Å². The molecule has 0 radical (unpaired) electrons. The predicted octanol–water partition coefficient (Wildman–Crippen LogP) is 4.45. The number of phenols is 1. The molecule has 4 heteroatoms. The van der Waals surface area contributed by atoms with Crippen molar-refractivity contribution in [1.29, 1.82) is 0 Å². The Balaban J connectivity index is 0.000000219. The molecule has 1 atom stereocenters. The van der Waals surface area contributed by atoms with Gasteiger partial charge < -0.3 is 10.2 Å². The number of benzene rings is 2. The van der Waals surface area contributed by atoms with E-state index in [4.69, 9.17) is 10.2 Å². The summed E-state index contributed by atoms with van der Waals surface area (Å²) in [4.78, 5) is 2.44. The summed E-state index contributed by atoms with van der Waals surface area (Å²) in [5, 5.41) is 18.0. The smallest absolute Gasteiger partial charge is 0.115 e. The molecule has 2 aromatic rings. The molecule has 0 aliphatic carbocycles. The van der Waals surface area contributed by atoms with Crippen LogP contribution >= 0.6 is 23.5 Å². The fourth-order valence-corrected chi connectivity index (χ4v) is 2.50. The number of aromatic hydroxyl groups is 1. The van der Waals surface area contributed by atoms with Gasteiger partial charge in [-0.1, -0.05) is 12.1 Å². The number of rotatable bonds is 4. The van der Waals surface area contributed by atoms with E-state index in [1.54, 1.807) is 35.7 Å². The van der Waals surface area contributed by atoms with E-state index in [0.717, 1.165) is 6.42 Å². The van der Waals surface area contributed by atoms with E-state index in [-0.39, 0.29) is 6.10 Å². The van der Waals surface area contributed by atoms with Gasteiger partial charge in [-0.3, -0.25) is 0 Å². The van der Waals surface area contributed by atoms with Gasteiger partial charge in [0.1, 0.15) is 5.75 Å². The summed E-state index contributed by atoms with van der Waals surface area (Å²) >= 11 is 3.40. The van der Waals surface area contributed by atoms with Crippen LogP contribution in [0.25, 0.3) is 0 Å². The molecule has 0 aliphatic rings. The normalized spacial score (nSPS) is 11.4. The summed E-state index contributed by atoms with van der Waals surface area (Å²) in [7, 11) is 0. The first-order valence-corrected chi connectivity index (χ1v) is 9.14. The quantitative estimate of drug-likeness (QED) is 0.816. The van der Waals surface area contributed by atoms with Crippen LogP contribution < -0.4 is 0 Å². The predicted molar refractivity (Wildman–Crippen MR) is 93.5 cm³/mol. The first-order valence-electron chi connectivity index (χ1n) is 6.69. The highest BCUT2D eigenvalue weighted by Gasteiger charge is 1.98. The highest BCUT2D eigenvalue weighted by atomic mass is 32.2. The molecule has 0 spiro atoms. The summed E-state index contributed by atoms with van der Waals surface area (Å²) in [5.74, 6) is 0.327. The van der Waals surface area contributed by atoms with Crippen LogP contribution in [0.4, 0.5) is 0 Å². The van der Waals surface area contributed by atoms with E-state index in [0.29, 0.717) is 5.75 Å². The Kier molecular flexibility index (Phi) is 8.35. The summed E-state index contributed by atoms with van der Waals surface area (Å²) < 4.78 is 0. The molecular weight excluding hydrogens is 300 g/mol. The van der Waals surface area contributed by atoms with Crippen molar-refractivity contribution < 1.29 is 10.2 Å². The number of hydrogen-bond donors (Lipinski definition) is 2. The molecule has 2 rings (SSSR count). The van der Waals surface area contributed by atoms with Crippen molar-refractivity contribution in [2.75, 3.05) is 12.5 Å². The topological polar surface area (TPSA) is 40.5 Å². The Labute approximate surface area is 135 Å². The number of aliphatic hydroxyl groups is 1. The number of aliphatic hydroxyl groups excluding tert-OH is 1. The van der Waals surface area contributed by atoms with Gasteiger partial charge >= 0.3 is 0 Å². The van der Waals surface area contributed by atoms with E-state index >= 15 is 0 Å². The molecular formula is C17H22O2S2. The number of phenolic OH excluding ortho intramolecular Hbond substituents is 1. The van der Waals surface area contributed by atoms with E-state index in [1.165, 1.54) is 15.4 Å². The van der Waals surface area contributed by atoms with E-state index in [2.05, 4.69) is 30.5 Å². The van der Waals surface area contributed by atoms with Crippen molar-refractivity contribution in [1.82, 2.24) is 0 Å². The van der Waals surface area contributed by atoms with Crippen molar-refractivity contribution in [3.63, 3.8) is 0 Å². The Bertz CT molecular complexity index is 507. The van der Waals surface area contributed by atoms with Crippen LogP contribution in [0, 0.1) is 0 Å². The molecule has 0 aromatic heterocycles. The summed E-state index contributed by atoms with van der Waals surface area (Å²) in [5.41, 5.74) is 1.20. The van der Waals surface area contributed by atoms with Crippen LogP contribution in [0.5, 0.6) is 5.75 Å². The van der Waals surface area contributed by atoms with Crippen LogP contribution in [0.15, 0.2) is 58.3 Å². The van der Waals surface area contributed by atoms with Gasteiger partial charge in [0.05, 0.1) is 6.10 Å². The number of thioether (sulfide) groups is 2. The Morgan fingerprint density at radius 2 is 1.29 bits per heavy atom. The Hall–Kier alpha value is -1.10. The third kappa shape index (κ3) is 7.46. The molecule has 114 valence electrons. The second-order valence-corrected chi connectivity index (χ2v) is 6.36.